The predicted octanol–water partition coefficient (Wildman–Crippen LogP) is 2.55. The lowest BCUT2D eigenvalue weighted by atomic mass is 10.2. The average Bonchev–Trinajstić information content (AvgIpc) is 2.68. The zero-order chi connectivity index (χ0) is 11.4. The van der Waals surface area contributed by atoms with Crippen molar-refractivity contribution in [3.8, 4) is 0 Å². The molecule has 3 heteroatoms. The molecule has 0 aromatic heterocycles. The van der Waals surface area contributed by atoms with Gasteiger partial charge in [-0.3, -0.25) is 4.79 Å². The molecule has 1 aromatic rings. The fourth-order valence-electron chi connectivity index (χ4n) is 1.79. The molecule has 84 valence electrons. The fourth-order valence-corrected chi connectivity index (χ4v) is 1.79. The van der Waals surface area contributed by atoms with Crippen LogP contribution in [0, 0.1) is 5.82 Å². The van der Waals surface area contributed by atoms with Gasteiger partial charge in [0.05, 0.1) is 0 Å². The Labute approximate surface area is 94.2 Å². The molecule has 2 rings (SSSR count). The van der Waals surface area contributed by atoms with E-state index in [4.69, 9.17) is 0 Å². The summed E-state index contributed by atoms with van der Waals surface area (Å²) in [6.45, 7) is 0.622. The van der Waals surface area contributed by atoms with E-state index in [2.05, 4.69) is 5.32 Å². The minimum absolute atomic E-state index is 0.229. The van der Waals surface area contributed by atoms with Crippen molar-refractivity contribution in [3.05, 3.63) is 47.4 Å². The van der Waals surface area contributed by atoms with Crippen LogP contribution in [-0.4, -0.2) is 5.78 Å². The van der Waals surface area contributed by atoms with Crippen molar-refractivity contribution in [2.24, 2.45) is 0 Å². The first kappa shape index (κ1) is 10.9. The standard InChI is InChI=1S/C13H14FNO/c14-12-6-4-10(5-7-12)8-15-9-11-2-1-3-13(11)16/h4-7,9,15H,1-3,8H2/b11-9-. The molecule has 1 saturated carbocycles. The Morgan fingerprint density at radius 2 is 2.00 bits per heavy atom. The highest BCUT2D eigenvalue weighted by Gasteiger charge is 2.15. The number of hydrogen-bond donors (Lipinski definition) is 1. The van der Waals surface area contributed by atoms with Crippen molar-refractivity contribution in [2.75, 3.05) is 0 Å². The van der Waals surface area contributed by atoms with Crippen LogP contribution >= 0.6 is 0 Å². The summed E-state index contributed by atoms with van der Waals surface area (Å²) in [5.41, 5.74) is 1.88. The molecule has 0 spiro atoms. The summed E-state index contributed by atoms with van der Waals surface area (Å²) in [6.07, 6.45) is 4.29. The highest BCUT2D eigenvalue weighted by atomic mass is 19.1. The Morgan fingerprint density at radius 1 is 1.25 bits per heavy atom. The van der Waals surface area contributed by atoms with Crippen molar-refractivity contribution >= 4 is 5.78 Å². The van der Waals surface area contributed by atoms with Crippen LogP contribution in [0.4, 0.5) is 4.39 Å². The van der Waals surface area contributed by atoms with Gasteiger partial charge in [-0.15, -0.1) is 0 Å². The minimum Gasteiger partial charge on any atom is -0.386 e. The molecule has 0 saturated heterocycles. The molecule has 1 N–H and O–H groups in total. The van der Waals surface area contributed by atoms with Gasteiger partial charge < -0.3 is 5.32 Å². The number of halogens is 1. The molecule has 1 aliphatic carbocycles. The number of nitrogens with one attached hydrogen (secondary N) is 1. The normalized spacial score (nSPS) is 18.1. The smallest absolute Gasteiger partial charge is 0.160 e. The Morgan fingerprint density at radius 3 is 2.62 bits per heavy atom. The molecule has 1 aliphatic rings. The lowest BCUT2D eigenvalue weighted by Crippen LogP contribution is -2.07. The van der Waals surface area contributed by atoms with Crippen LogP contribution in [-0.2, 0) is 11.3 Å². The second kappa shape index (κ2) is 4.92. The third kappa shape index (κ3) is 2.69. The fraction of sp³-hybridized carbons (Fsp3) is 0.308. The van der Waals surface area contributed by atoms with Gasteiger partial charge in [0, 0.05) is 24.7 Å². The Kier molecular flexibility index (Phi) is 3.34. The highest BCUT2D eigenvalue weighted by Crippen LogP contribution is 2.19. The minimum atomic E-state index is -0.229. The van der Waals surface area contributed by atoms with Gasteiger partial charge in [0.1, 0.15) is 5.82 Å². The number of allylic oxidation sites excluding steroid dienone is 1. The number of carbonyl (C=O) groups is 1. The molecular weight excluding hydrogens is 205 g/mol. The zero-order valence-corrected chi connectivity index (χ0v) is 9.00. The quantitative estimate of drug-likeness (QED) is 0.791. The molecule has 0 atom stereocenters. The van der Waals surface area contributed by atoms with Crippen LogP contribution in [0.25, 0.3) is 0 Å². The molecule has 0 bridgehead atoms. The molecule has 0 unspecified atom stereocenters. The highest BCUT2D eigenvalue weighted by molar-refractivity contribution is 5.97. The Balaban J connectivity index is 1.88. The summed E-state index contributed by atoms with van der Waals surface area (Å²) in [5, 5.41) is 3.09. The largest absolute Gasteiger partial charge is 0.386 e. The monoisotopic (exact) mass is 219 g/mol. The predicted molar refractivity (Wildman–Crippen MR) is 60.2 cm³/mol. The summed E-state index contributed by atoms with van der Waals surface area (Å²) in [5.74, 6) is 0.0136. The third-order valence-corrected chi connectivity index (χ3v) is 2.70. The van der Waals surface area contributed by atoms with Crippen molar-refractivity contribution in [2.45, 2.75) is 25.8 Å². The van der Waals surface area contributed by atoms with E-state index in [1.165, 1.54) is 12.1 Å². The zero-order valence-electron chi connectivity index (χ0n) is 9.00. The van der Waals surface area contributed by atoms with Crippen LogP contribution < -0.4 is 5.32 Å². The van der Waals surface area contributed by atoms with Crippen LogP contribution in [0.3, 0.4) is 0 Å². The van der Waals surface area contributed by atoms with Crippen molar-refractivity contribution in [1.29, 1.82) is 0 Å². The summed E-state index contributed by atoms with van der Waals surface area (Å²) in [4.78, 5) is 11.3. The molecule has 2 nitrogen and oxygen atoms in total. The van der Waals surface area contributed by atoms with Crippen molar-refractivity contribution in [3.63, 3.8) is 0 Å². The van der Waals surface area contributed by atoms with Crippen LogP contribution in [0.5, 0.6) is 0 Å². The summed E-state index contributed by atoms with van der Waals surface area (Å²) < 4.78 is 12.6. The van der Waals surface area contributed by atoms with E-state index in [0.717, 1.165) is 24.0 Å². The number of benzene rings is 1. The van der Waals surface area contributed by atoms with E-state index in [0.29, 0.717) is 13.0 Å². The molecule has 0 aliphatic heterocycles. The molecule has 0 heterocycles. The van der Waals surface area contributed by atoms with Gasteiger partial charge in [0.2, 0.25) is 0 Å². The Bertz CT molecular complexity index is 408. The van der Waals surface area contributed by atoms with Gasteiger partial charge in [-0.1, -0.05) is 12.1 Å². The Hall–Kier alpha value is -1.64. The maximum absolute atomic E-state index is 12.6. The molecule has 1 fully saturated rings. The van der Waals surface area contributed by atoms with Gasteiger partial charge >= 0.3 is 0 Å². The van der Waals surface area contributed by atoms with Gasteiger partial charge in [-0.2, -0.15) is 0 Å². The van der Waals surface area contributed by atoms with Gasteiger partial charge in [-0.05, 0) is 30.5 Å². The number of ketones is 1. The van der Waals surface area contributed by atoms with Gasteiger partial charge in [0.15, 0.2) is 5.78 Å². The molecule has 0 amide bonds. The summed E-state index contributed by atoms with van der Waals surface area (Å²) in [7, 11) is 0. The molecule has 1 aromatic carbocycles. The van der Waals surface area contributed by atoms with Crippen molar-refractivity contribution in [1.82, 2.24) is 5.32 Å². The first-order chi connectivity index (χ1) is 7.75. The number of hydrogen-bond acceptors (Lipinski definition) is 2. The van der Waals surface area contributed by atoms with Crippen LogP contribution in [0.2, 0.25) is 0 Å². The maximum Gasteiger partial charge on any atom is 0.160 e. The second-order valence-electron chi connectivity index (χ2n) is 3.95. The maximum atomic E-state index is 12.6. The first-order valence-corrected chi connectivity index (χ1v) is 5.46. The average molecular weight is 219 g/mol. The number of Topliss-reactive ketones (excluding diaryl/α,β-unsaturated/α-hetero) is 1. The van der Waals surface area contributed by atoms with E-state index in [-0.39, 0.29) is 11.6 Å². The van der Waals surface area contributed by atoms with Gasteiger partial charge in [-0.25, -0.2) is 4.39 Å². The number of carbonyl (C=O) groups excluding carboxylic acids is 1. The van der Waals surface area contributed by atoms with Crippen molar-refractivity contribution < 1.29 is 9.18 Å². The second-order valence-corrected chi connectivity index (χ2v) is 3.95. The van der Waals surface area contributed by atoms with E-state index < -0.39 is 0 Å². The summed E-state index contributed by atoms with van der Waals surface area (Å²) in [6, 6.07) is 6.34. The molecule has 16 heavy (non-hydrogen) atoms. The lowest BCUT2D eigenvalue weighted by molar-refractivity contribution is -0.114. The first-order valence-electron chi connectivity index (χ1n) is 5.46. The molecule has 0 radical (unpaired) electrons. The SMILES string of the molecule is O=C1CCC/C1=C/NCc1ccc(F)cc1. The van der Waals surface area contributed by atoms with E-state index in [9.17, 15) is 9.18 Å². The van der Waals surface area contributed by atoms with Crippen LogP contribution in [0.1, 0.15) is 24.8 Å². The number of rotatable bonds is 3. The lowest BCUT2D eigenvalue weighted by Gasteiger charge is -2.02. The summed E-state index contributed by atoms with van der Waals surface area (Å²) >= 11 is 0. The van der Waals surface area contributed by atoms with E-state index in [1.807, 2.05) is 0 Å². The third-order valence-electron chi connectivity index (χ3n) is 2.70. The van der Waals surface area contributed by atoms with E-state index >= 15 is 0 Å². The van der Waals surface area contributed by atoms with E-state index in [1.54, 1.807) is 18.3 Å². The van der Waals surface area contributed by atoms with Crippen LogP contribution in [0.15, 0.2) is 36.0 Å². The topological polar surface area (TPSA) is 29.1 Å². The van der Waals surface area contributed by atoms with Gasteiger partial charge in [0.25, 0.3) is 0 Å². The molecular formula is C13H14FNO.